The van der Waals surface area contributed by atoms with Crippen molar-refractivity contribution in [2.75, 3.05) is 18.4 Å². The Labute approximate surface area is 248 Å². The van der Waals surface area contributed by atoms with E-state index in [1.807, 2.05) is 19.1 Å². The van der Waals surface area contributed by atoms with Gasteiger partial charge in [0.05, 0.1) is 19.0 Å². The second-order valence-corrected chi connectivity index (χ2v) is 9.33. The van der Waals surface area contributed by atoms with E-state index in [9.17, 15) is 42.2 Å². The zero-order chi connectivity index (χ0) is 32.9. The largest absolute Gasteiger partial charge is 0.507 e. The van der Waals surface area contributed by atoms with Crippen LogP contribution < -0.4 is 16.0 Å². The fourth-order valence-electron chi connectivity index (χ4n) is 3.71. The molecule has 2 amide bonds. The number of hydrogen-bond donors (Lipinski definition) is 6. The molecule has 1 heterocycles. The number of nitrogens with zero attached hydrogens (tertiary/aromatic N) is 1. The maximum absolute atomic E-state index is 13.3. The van der Waals surface area contributed by atoms with E-state index in [1.54, 1.807) is 30.5 Å². The zero-order valence-electron chi connectivity index (χ0n) is 23.3. The van der Waals surface area contributed by atoms with Gasteiger partial charge in [0, 0.05) is 30.8 Å². The van der Waals surface area contributed by atoms with E-state index in [2.05, 4.69) is 20.9 Å². The van der Waals surface area contributed by atoms with E-state index in [4.69, 9.17) is 9.90 Å². The van der Waals surface area contributed by atoms with Gasteiger partial charge in [0.15, 0.2) is 0 Å². The van der Waals surface area contributed by atoms with E-state index in [-0.39, 0.29) is 24.6 Å². The zero-order valence-corrected chi connectivity index (χ0v) is 23.3. The lowest BCUT2D eigenvalue weighted by Gasteiger charge is -2.19. The van der Waals surface area contributed by atoms with E-state index in [0.29, 0.717) is 29.7 Å². The average molecular weight is 623 g/mol. The maximum Gasteiger partial charge on any atom is 0.490 e. The molecule has 0 radical (unpaired) electrons. The van der Waals surface area contributed by atoms with Crippen LogP contribution >= 0.6 is 0 Å². The lowest BCUT2D eigenvalue weighted by Crippen LogP contribution is -2.39. The molecular weight excluding hydrogens is 592 g/mol. The Morgan fingerprint density at radius 2 is 1.68 bits per heavy atom. The number of phenolic OH excluding ortho intramolecular Hbond substituents is 1. The van der Waals surface area contributed by atoms with E-state index >= 15 is 0 Å². The lowest BCUT2D eigenvalue weighted by molar-refractivity contribution is -0.192. The summed E-state index contributed by atoms with van der Waals surface area (Å²) in [5, 5.41) is 34.9. The van der Waals surface area contributed by atoms with Crippen LogP contribution in [0.1, 0.15) is 36.4 Å². The van der Waals surface area contributed by atoms with Gasteiger partial charge in [-0.3, -0.25) is 14.4 Å². The van der Waals surface area contributed by atoms with Crippen LogP contribution in [-0.4, -0.2) is 63.3 Å². The minimum absolute atomic E-state index is 0.202. The summed E-state index contributed by atoms with van der Waals surface area (Å²) in [5.41, 5.74) is 2.45. The number of amides is 2. The highest BCUT2D eigenvalue weighted by Gasteiger charge is 2.38. The van der Waals surface area contributed by atoms with Crippen LogP contribution in [0.4, 0.5) is 23.4 Å². The number of rotatable bonds is 12. The number of carboxylic acid groups (broad SMARTS) is 2. The van der Waals surface area contributed by atoms with Gasteiger partial charge in [-0.15, -0.1) is 0 Å². The number of carbonyl (C=O) groups excluding carboxylic acids is 2. The molecule has 0 spiro atoms. The van der Waals surface area contributed by atoms with Crippen molar-refractivity contribution in [3.05, 3.63) is 77.7 Å². The van der Waals surface area contributed by atoms with Crippen LogP contribution in [0.15, 0.2) is 60.8 Å². The number of aliphatic carboxylic acids is 2. The number of carboxylic acids is 2. The molecule has 44 heavy (non-hydrogen) atoms. The SMILES string of the molecule is Cc1ccnc(NCCCC(=O)NCC(=O)NC(CC(=O)O)c2cccc(-c3ccc(F)cc3O)c2)c1.O=C(O)C(F)(F)F. The van der Waals surface area contributed by atoms with Crippen molar-refractivity contribution in [1.29, 1.82) is 0 Å². The van der Waals surface area contributed by atoms with Crippen LogP contribution in [0.25, 0.3) is 11.1 Å². The van der Waals surface area contributed by atoms with Crippen molar-refractivity contribution < 1.29 is 52.1 Å². The van der Waals surface area contributed by atoms with Crippen LogP contribution in [0.3, 0.4) is 0 Å². The summed E-state index contributed by atoms with van der Waals surface area (Å²) in [7, 11) is 0. The molecule has 1 atom stereocenters. The van der Waals surface area contributed by atoms with E-state index in [0.717, 1.165) is 17.4 Å². The first-order chi connectivity index (χ1) is 20.6. The Morgan fingerprint density at radius 1 is 0.977 bits per heavy atom. The third-order valence-electron chi connectivity index (χ3n) is 5.76. The molecule has 3 rings (SSSR count). The molecule has 0 aliphatic heterocycles. The maximum atomic E-state index is 13.3. The van der Waals surface area contributed by atoms with Gasteiger partial charge >= 0.3 is 18.1 Å². The highest BCUT2D eigenvalue weighted by molar-refractivity contribution is 5.85. The summed E-state index contributed by atoms with van der Waals surface area (Å²) in [6.45, 7) is 2.19. The molecular formula is C29H30F4N4O7. The number of halogens is 4. The first-order valence-corrected chi connectivity index (χ1v) is 13.0. The summed E-state index contributed by atoms with van der Waals surface area (Å²) in [5.74, 6) is -4.86. The number of phenols is 1. The van der Waals surface area contributed by atoms with E-state index < -0.39 is 42.3 Å². The molecule has 0 bridgehead atoms. The molecule has 11 nitrogen and oxygen atoms in total. The van der Waals surface area contributed by atoms with Crippen molar-refractivity contribution in [2.45, 2.75) is 38.4 Å². The highest BCUT2D eigenvalue weighted by Crippen LogP contribution is 2.31. The quantitative estimate of drug-likeness (QED) is 0.128. The number of nitrogens with one attached hydrogen (secondary N) is 3. The van der Waals surface area contributed by atoms with Crippen LogP contribution in [0, 0.1) is 12.7 Å². The van der Waals surface area contributed by atoms with Gasteiger partial charge in [0.1, 0.15) is 17.4 Å². The molecule has 3 aromatic rings. The predicted octanol–water partition coefficient (Wildman–Crippen LogP) is 4.18. The minimum Gasteiger partial charge on any atom is -0.507 e. The Hall–Kier alpha value is -5.21. The fraction of sp³-hybridized carbons (Fsp3) is 0.276. The van der Waals surface area contributed by atoms with Gasteiger partial charge in [0.2, 0.25) is 11.8 Å². The van der Waals surface area contributed by atoms with Crippen molar-refractivity contribution in [1.82, 2.24) is 15.6 Å². The first kappa shape index (κ1) is 35.0. The molecule has 15 heteroatoms. The number of alkyl halides is 3. The van der Waals surface area contributed by atoms with Gasteiger partial charge in [-0.2, -0.15) is 13.2 Å². The predicted molar refractivity (Wildman–Crippen MR) is 150 cm³/mol. The second kappa shape index (κ2) is 16.4. The summed E-state index contributed by atoms with van der Waals surface area (Å²) < 4.78 is 45.1. The van der Waals surface area contributed by atoms with Gasteiger partial charge in [0.25, 0.3) is 0 Å². The molecule has 6 N–H and O–H groups in total. The lowest BCUT2D eigenvalue weighted by atomic mass is 9.97. The number of aryl methyl sites for hydroxylation is 1. The van der Waals surface area contributed by atoms with Crippen LogP contribution in [-0.2, 0) is 19.2 Å². The molecule has 2 aromatic carbocycles. The molecule has 236 valence electrons. The number of hydrogen-bond acceptors (Lipinski definition) is 7. The monoisotopic (exact) mass is 622 g/mol. The summed E-state index contributed by atoms with van der Waals surface area (Å²) >= 11 is 0. The average Bonchev–Trinajstić information content (AvgIpc) is 2.93. The fourth-order valence-corrected chi connectivity index (χ4v) is 3.71. The van der Waals surface area contributed by atoms with Gasteiger partial charge in [-0.1, -0.05) is 18.2 Å². The van der Waals surface area contributed by atoms with E-state index in [1.165, 1.54) is 12.1 Å². The normalized spacial score (nSPS) is 11.4. The van der Waals surface area contributed by atoms with Crippen molar-refractivity contribution in [2.24, 2.45) is 0 Å². The molecule has 0 saturated heterocycles. The molecule has 1 unspecified atom stereocenters. The Balaban J connectivity index is 0.000000860. The summed E-state index contributed by atoms with van der Waals surface area (Å²) in [6, 6.07) is 13.1. The number of aromatic nitrogens is 1. The molecule has 0 saturated carbocycles. The van der Waals surface area contributed by atoms with Gasteiger partial charge in [-0.05, 0) is 60.4 Å². The summed E-state index contributed by atoms with van der Waals surface area (Å²) in [4.78, 5) is 49.1. The van der Waals surface area contributed by atoms with Crippen molar-refractivity contribution in [3.63, 3.8) is 0 Å². The number of anilines is 1. The second-order valence-electron chi connectivity index (χ2n) is 9.33. The third-order valence-corrected chi connectivity index (χ3v) is 5.76. The Morgan fingerprint density at radius 3 is 2.30 bits per heavy atom. The number of carbonyl (C=O) groups is 4. The smallest absolute Gasteiger partial charge is 0.490 e. The highest BCUT2D eigenvalue weighted by atomic mass is 19.4. The number of benzene rings is 2. The van der Waals surface area contributed by atoms with Crippen molar-refractivity contribution >= 4 is 29.6 Å². The molecule has 1 aromatic heterocycles. The first-order valence-electron chi connectivity index (χ1n) is 13.0. The van der Waals surface area contributed by atoms with Gasteiger partial charge in [-0.25, -0.2) is 14.2 Å². The number of aromatic hydroxyl groups is 1. The van der Waals surface area contributed by atoms with Crippen molar-refractivity contribution in [3.8, 4) is 16.9 Å². The summed E-state index contributed by atoms with van der Waals surface area (Å²) in [6.07, 6.45) is -3.04. The minimum atomic E-state index is -5.08. The standard InChI is InChI=1S/C27H29FN4O5.C2HF3O2/c1-17-9-11-30-24(12-17)29-10-3-6-25(34)31-16-26(35)32-22(15-27(36)37)19-5-2-4-18(13-19)21-8-7-20(28)14-23(21)33;3-2(4,5)1(6)7/h2,4-5,7-9,11-14,22,33H,3,6,10,15-16H2,1H3,(H,29,30)(H,31,34)(H,32,35)(H,36,37);(H,6,7). The van der Waals surface area contributed by atoms with Crippen LogP contribution in [0.2, 0.25) is 0 Å². The molecule has 0 fully saturated rings. The molecule has 0 aliphatic rings. The third kappa shape index (κ3) is 12.3. The Kier molecular flexibility index (Phi) is 13.1. The topological polar surface area (TPSA) is 178 Å². The molecule has 0 aliphatic carbocycles. The number of pyridine rings is 1. The van der Waals surface area contributed by atoms with Crippen LogP contribution in [0.5, 0.6) is 5.75 Å². The van der Waals surface area contributed by atoms with Gasteiger partial charge < -0.3 is 31.3 Å². The Bertz CT molecular complexity index is 1470.